The normalized spacial score (nSPS) is 10.3. The quantitative estimate of drug-likeness (QED) is 0.800. The van der Waals surface area contributed by atoms with E-state index in [-0.39, 0.29) is 18.5 Å². The molecule has 88 valence electrons. The van der Waals surface area contributed by atoms with Crippen LogP contribution >= 0.6 is 15.9 Å². The van der Waals surface area contributed by atoms with Gasteiger partial charge in [-0.2, -0.15) is 0 Å². The second-order valence-corrected chi connectivity index (χ2v) is 4.32. The lowest BCUT2D eigenvalue weighted by Crippen LogP contribution is -2.19. The molecule has 0 saturated heterocycles. The van der Waals surface area contributed by atoms with Crippen molar-refractivity contribution in [2.24, 2.45) is 0 Å². The third-order valence-corrected chi connectivity index (χ3v) is 2.10. The van der Waals surface area contributed by atoms with Gasteiger partial charge < -0.3 is 9.47 Å². The summed E-state index contributed by atoms with van der Waals surface area (Å²) >= 11 is 3.18. The lowest BCUT2D eigenvalue weighted by molar-refractivity contribution is -0.149. The highest BCUT2D eigenvalue weighted by Gasteiger charge is 2.09. The Morgan fingerprint density at radius 3 is 2.81 bits per heavy atom. The topological polar surface area (TPSA) is 35.5 Å². The molecule has 0 aliphatic rings. The average molecular weight is 291 g/mol. The molecule has 0 heterocycles. The van der Waals surface area contributed by atoms with E-state index in [4.69, 9.17) is 9.47 Å². The number of esters is 1. The fourth-order valence-electron chi connectivity index (χ4n) is 1.02. The van der Waals surface area contributed by atoms with Crippen LogP contribution in [-0.2, 0) is 9.53 Å². The number of halogens is 2. The number of benzene rings is 1. The van der Waals surface area contributed by atoms with Crippen LogP contribution in [0, 0.1) is 5.82 Å². The zero-order valence-corrected chi connectivity index (χ0v) is 10.6. The van der Waals surface area contributed by atoms with Gasteiger partial charge in [0, 0.05) is 4.47 Å². The Balaban J connectivity index is 2.54. The molecule has 0 aliphatic carbocycles. The van der Waals surface area contributed by atoms with Crippen molar-refractivity contribution >= 4 is 21.9 Å². The van der Waals surface area contributed by atoms with Crippen LogP contribution in [-0.4, -0.2) is 18.7 Å². The molecule has 0 fully saturated rings. The second-order valence-electron chi connectivity index (χ2n) is 3.40. The summed E-state index contributed by atoms with van der Waals surface area (Å²) in [6, 6.07) is 4.26. The molecular formula is C11H12BrFO3. The Hall–Kier alpha value is -1.10. The summed E-state index contributed by atoms with van der Waals surface area (Å²) < 4.78 is 23.7. The summed E-state index contributed by atoms with van der Waals surface area (Å²) in [4.78, 5) is 11.1. The standard InChI is InChI=1S/C11H12BrFO3/c1-7(2)16-11(14)6-15-10-5-8(12)3-4-9(10)13/h3-5,7H,6H2,1-2H3. The van der Waals surface area contributed by atoms with E-state index in [1.165, 1.54) is 12.1 Å². The van der Waals surface area contributed by atoms with Crippen molar-refractivity contribution in [3.8, 4) is 5.75 Å². The molecule has 16 heavy (non-hydrogen) atoms. The first-order valence-electron chi connectivity index (χ1n) is 4.76. The molecule has 0 aromatic heterocycles. The van der Waals surface area contributed by atoms with E-state index in [9.17, 15) is 9.18 Å². The van der Waals surface area contributed by atoms with Gasteiger partial charge in [0.05, 0.1) is 6.10 Å². The highest BCUT2D eigenvalue weighted by atomic mass is 79.9. The van der Waals surface area contributed by atoms with E-state index in [1.54, 1.807) is 19.9 Å². The van der Waals surface area contributed by atoms with Crippen LogP contribution < -0.4 is 4.74 Å². The third-order valence-electron chi connectivity index (χ3n) is 1.61. The second kappa shape index (κ2) is 5.84. The molecule has 0 saturated carbocycles. The van der Waals surface area contributed by atoms with Crippen LogP contribution in [0.25, 0.3) is 0 Å². The maximum absolute atomic E-state index is 13.2. The molecule has 0 bridgehead atoms. The first kappa shape index (κ1) is 13.0. The summed E-state index contributed by atoms with van der Waals surface area (Å²) in [5.74, 6) is -1.01. The number of hydrogen-bond donors (Lipinski definition) is 0. The molecule has 0 unspecified atom stereocenters. The Labute approximate surface area is 102 Å². The van der Waals surface area contributed by atoms with E-state index in [0.717, 1.165) is 0 Å². The molecule has 1 rings (SSSR count). The van der Waals surface area contributed by atoms with Gasteiger partial charge >= 0.3 is 5.97 Å². The fourth-order valence-corrected chi connectivity index (χ4v) is 1.36. The minimum Gasteiger partial charge on any atom is -0.479 e. The minimum absolute atomic E-state index is 0.0232. The fraction of sp³-hybridized carbons (Fsp3) is 0.364. The molecule has 0 N–H and O–H groups in total. The minimum atomic E-state index is -0.519. The van der Waals surface area contributed by atoms with Crippen LogP contribution in [0.3, 0.4) is 0 Å². The molecule has 1 aromatic rings. The lowest BCUT2D eigenvalue weighted by atomic mass is 10.3. The predicted molar refractivity (Wildman–Crippen MR) is 60.8 cm³/mol. The maximum Gasteiger partial charge on any atom is 0.344 e. The van der Waals surface area contributed by atoms with Crippen molar-refractivity contribution in [1.29, 1.82) is 0 Å². The Morgan fingerprint density at radius 2 is 2.19 bits per heavy atom. The van der Waals surface area contributed by atoms with Gasteiger partial charge in [0.1, 0.15) is 0 Å². The molecular weight excluding hydrogens is 279 g/mol. The van der Waals surface area contributed by atoms with Crippen molar-refractivity contribution < 1.29 is 18.7 Å². The molecule has 0 radical (unpaired) electrons. The number of carbonyl (C=O) groups is 1. The number of rotatable bonds is 4. The van der Waals surface area contributed by atoms with Gasteiger partial charge in [-0.1, -0.05) is 15.9 Å². The zero-order chi connectivity index (χ0) is 12.1. The predicted octanol–water partition coefficient (Wildman–Crippen LogP) is 2.92. The maximum atomic E-state index is 13.2. The van der Waals surface area contributed by atoms with E-state index in [0.29, 0.717) is 4.47 Å². The monoisotopic (exact) mass is 290 g/mol. The van der Waals surface area contributed by atoms with Gasteiger partial charge in [-0.3, -0.25) is 0 Å². The summed E-state index contributed by atoms with van der Waals surface area (Å²) in [6.45, 7) is 3.17. The number of ether oxygens (including phenoxy) is 2. The van der Waals surface area contributed by atoms with Crippen LogP contribution in [0.2, 0.25) is 0 Å². The van der Waals surface area contributed by atoms with Gasteiger partial charge in [0.2, 0.25) is 0 Å². The Morgan fingerprint density at radius 1 is 1.50 bits per heavy atom. The third kappa shape index (κ3) is 4.18. The molecule has 3 nitrogen and oxygen atoms in total. The van der Waals surface area contributed by atoms with Crippen molar-refractivity contribution in [3.05, 3.63) is 28.5 Å². The first-order chi connectivity index (χ1) is 7.49. The van der Waals surface area contributed by atoms with Gasteiger partial charge in [-0.15, -0.1) is 0 Å². The van der Waals surface area contributed by atoms with Crippen LogP contribution in [0.5, 0.6) is 5.75 Å². The number of carbonyl (C=O) groups excluding carboxylic acids is 1. The van der Waals surface area contributed by atoms with Gasteiger partial charge in [-0.25, -0.2) is 9.18 Å². The first-order valence-corrected chi connectivity index (χ1v) is 5.55. The highest BCUT2D eigenvalue weighted by molar-refractivity contribution is 9.10. The molecule has 5 heteroatoms. The molecule has 0 amide bonds. The largest absolute Gasteiger partial charge is 0.479 e. The summed E-state index contributed by atoms with van der Waals surface area (Å²) in [7, 11) is 0. The lowest BCUT2D eigenvalue weighted by Gasteiger charge is -2.09. The van der Waals surface area contributed by atoms with Crippen LogP contribution in [0.1, 0.15) is 13.8 Å². The molecule has 1 aromatic carbocycles. The van der Waals surface area contributed by atoms with Crippen molar-refractivity contribution in [2.75, 3.05) is 6.61 Å². The van der Waals surface area contributed by atoms with Gasteiger partial charge in [-0.05, 0) is 32.0 Å². The van der Waals surface area contributed by atoms with E-state index >= 15 is 0 Å². The Bertz CT molecular complexity index is 379. The molecule has 0 atom stereocenters. The number of hydrogen-bond acceptors (Lipinski definition) is 3. The summed E-state index contributed by atoms with van der Waals surface area (Å²) in [5, 5.41) is 0. The van der Waals surface area contributed by atoms with Crippen molar-refractivity contribution in [3.63, 3.8) is 0 Å². The Kier molecular flexibility index (Phi) is 4.73. The van der Waals surface area contributed by atoms with Crippen LogP contribution in [0.15, 0.2) is 22.7 Å². The van der Waals surface area contributed by atoms with Gasteiger partial charge in [0.25, 0.3) is 0 Å². The zero-order valence-electron chi connectivity index (χ0n) is 9.00. The SMILES string of the molecule is CC(C)OC(=O)COc1cc(Br)ccc1F. The van der Waals surface area contributed by atoms with E-state index in [2.05, 4.69) is 15.9 Å². The van der Waals surface area contributed by atoms with E-state index < -0.39 is 11.8 Å². The molecule has 0 aliphatic heterocycles. The van der Waals surface area contributed by atoms with Gasteiger partial charge in [0.15, 0.2) is 18.2 Å². The van der Waals surface area contributed by atoms with Crippen molar-refractivity contribution in [2.45, 2.75) is 20.0 Å². The smallest absolute Gasteiger partial charge is 0.344 e. The highest BCUT2D eigenvalue weighted by Crippen LogP contribution is 2.22. The van der Waals surface area contributed by atoms with Crippen molar-refractivity contribution in [1.82, 2.24) is 0 Å². The van der Waals surface area contributed by atoms with Crippen LogP contribution in [0.4, 0.5) is 4.39 Å². The summed E-state index contributed by atoms with van der Waals surface area (Å²) in [6.07, 6.45) is -0.205. The summed E-state index contributed by atoms with van der Waals surface area (Å²) in [5.41, 5.74) is 0. The average Bonchev–Trinajstić information content (AvgIpc) is 2.18. The van der Waals surface area contributed by atoms with E-state index in [1.807, 2.05) is 0 Å². The molecule has 0 spiro atoms.